The maximum absolute atomic E-state index is 13.7. The molecule has 1 aliphatic rings. The van der Waals surface area contributed by atoms with E-state index in [2.05, 4.69) is 15.5 Å². The third-order valence-corrected chi connectivity index (χ3v) is 6.27. The molecular weight excluding hydrogens is 459 g/mol. The molecule has 186 valence electrons. The topological polar surface area (TPSA) is 96.7 Å². The van der Waals surface area contributed by atoms with Gasteiger partial charge in [0.25, 0.3) is 0 Å². The molecule has 1 saturated heterocycles. The van der Waals surface area contributed by atoms with E-state index in [1.165, 1.54) is 31.4 Å². The number of anilines is 3. The molecule has 2 unspecified atom stereocenters. The lowest BCUT2D eigenvalue weighted by molar-refractivity contribution is -0.119. The number of likely N-dealkylation sites (tertiary alicyclic amines) is 1. The number of amides is 2. The van der Waals surface area contributed by atoms with Crippen molar-refractivity contribution < 1.29 is 18.7 Å². The molecule has 1 aliphatic heterocycles. The summed E-state index contributed by atoms with van der Waals surface area (Å²) < 4.78 is 18.7. The van der Waals surface area contributed by atoms with Gasteiger partial charge >= 0.3 is 0 Å². The van der Waals surface area contributed by atoms with Crippen LogP contribution in [0.2, 0.25) is 0 Å². The number of carbonyl (C=O) groups excluding carboxylic acids is 2. The van der Waals surface area contributed by atoms with Crippen molar-refractivity contribution >= 4 is 35.0 Å². The second kappa shape index (κ2) is 11.0. The monoisotopic (exact) mass is 488 g/mol. The predicted molar refractivity (Wildman–Crippen MR) is 140 cm³/mol. The Morgan fingerprint density at radius 3 is 2.53 bits per heavy atom. The Bertz CT molecular complexity index is 1280. The van der Waals surface area contributed by atoms with Crippen LogP contribution in [0.4, 0.5) is 21.5 Å². The van der Waals surface area contributed by atoms with E-state index in [1.807, 2.05) is 31.3 Å². The van der Waals surface area contributed by atoms with Gasteiger partial charge in [-0.2, -0.15) is 0 Å². The smallest absolute Gasteiger partial charge is 0.248 e. The molecule has 0 bridgehead atoms. The van der Waals surface area contributed by atoms with Crippen molar-refractivity contribution in [2.24, 2.45) is 5.92 Å². The minimum atomic E-state index is -0.482. The molecule has 1 heterocycles. The SMILES string of the molecule is COc1cc(NC(=O)C2CN(C)CC2c2ccc(C=CC(=O)Nc3ccccc3N)cc2)ccc1F. The number of nitrogens with one attached hydrogen (secondary N) is 2. The van der Waals surface area contributed by atoms with E-state index >= 15 is 0 Å². The van der Waals surface area contributed by atoms with E-state index in [9.17, 15) is 14.0 Å². The molecule has 0 aliphatic carbocycles. The molecule has 0 spiro atoms. The minimum absolute atomic E-state index is 0.000252. The van der Waals surface area contributed by atoms with Crippen LogP contribution in [-0.2, 0) is 9.59 Å². The van der Waals surface area contributed by atoms with Crippen molar-refractivity contribution in [2.45, 2.75) is 5.92 Å². The van der Waals surface area contributed by atoms with Gasteiger partial charge in [0.05, 0.1) is 24.4 Å². The Balaban J connectivity index is 1.42. The van der Waals surface area contributed by atoms with E-state index in [1.54, 1.807) is 30.3 Å². The minimum Gasteiger partial charge on any atom is -0.494 e. The number of rotatable bonds is 7. The Morgan fingerprint density at radius 1 is 1.06 bits per heavy atom. The van der Waals surface area contributed by atoms with Gasteiger partial charge in [0, 0.05) is 36.8 Å². The molecule has 0 saturated carbocycles. The van der Waals surface area contributed by atoms with Crippen molar-refractivity contribution in [1.29, 1.82) is 0 Å². The van der Waals surface area contributed by atoms with Gasteiger partial charge in [-0.1, -0.05) is 36.4 Å². The highest BCUT2D eigenvalue weighted by atomic mass is 19.1. The zero-order chi connectivity index (χ0) is 25.7. The van der Waals surface area contributed by atoms with Gasteiger partial charge < -0.3 is 26.0 Å². The van der Waals surface area contributed by atoms with Crippen LogP contribution in [0, 0.1) is 11.7 Å². The van der Waals surface area contributed by atoms with Gasteiger partial charge in [-0.3, -0.25) is 9.59 Å². The van der Waals surface area contributed by atoms with Gasteiger partial charge in [0.2, 0.25) is 11.8 Å². The zero-order valence-corrected chi connectivity index (χ0v) is 20.2. The molecule has 36 heavy (non-hydrogen) atoms. The first-order chi connectivity index (χ1) is 17.3. The first-order valence-electron chi connectivity index (χ1n) is 11.6. The Hall–Kier alpha value is -4.17. The first kappa shape index (κ1) is 24.9. The fourth-order valence-corrected chi connectivity index (χ4v) is 4.39. The average Bonchev–Trinajstić information content (AvgIpc) is 3.27. The lowest BCUT2D eigenvalue weighted by Gasteiger charge is -2.19. The normalized spacial score (nSPS) is 17.8. The van der Waals surface area contributed by atoms with Crippen LogP contribution in [0.25, 0.3) is 6.08 Å². The summed E-state index contributed by atoms with van der Waals surface area (Å²) in [5, 5.41) is 5.66. The largest absolute Gasteiger partial charge is 0.494 e. The van der Waals surface area contributed by atoms with Crippen molar-refractivity contribution in [3.8, 4) is 5.75 Å². The van der Waals surface area contributed by atoms with Gasteiger partial charge in [0.15, 0.2) is 11.6 Å². The molecule has 2 atom stereocenters. The van der Waals surface area contributed by atoms with Gasteiger partial charge in [-0.05, 0) is 48.5 Å². The third kappa shape index (κ3) is 5.90. The quantitative estimate of drug-likeness (QED) is 0.339. The number of methoxy groups -OCH3 is 1. The van der Waals surface area contributed by atoms with Crippen LogP contribution in [0.15, 0.2) is 72.8 Å². The summed E-state index contributed by atoms with van der Waals surface area (Å²) in [6.07, 6.45) is 3.18. The van der Waals surface area contributed by atoms with Crippen molar-refractivity contribution in [3.05, 3.63) is 89.8 Å². The molecule has 3 aromatic rings. The summed E-state index contributed by atoms with van der Waals surface area (Å²) in [5.74, 6) is -1.07. The molecule has 0 aromatic heterocycles. The number of benzene rings is 3. The van der Waals surface area contributed by atoms with E-state index < -0.39 is 5.82 Å². The van der Waals surface area contributed by atoms with Crippen LogP contribution < -0.4 is 21.1 Å². The highest BCUT2D eigenvalue weighted by molar-refractivity contribution is 6.03. The van der Waals surface area contributed by atoms with Crippen molar-refractivity contribution in [3.63, 3.8) is 0 Å². The van der Waals surface area contributed by atoms with Crippen molar-refractivity contribution in [2.75, 3.05) is 43.6 Å². The van der Waals surface area contributed by atoms with E-state index in [0.717, 1.165) is 17.7 Å². The number of nitrogens with two attached hydrogens (primary N) is 1. The number of hydrogen-bond donors (Lipinski definition) is 3. The Morgan fingerprint density at radius 2 is 1.81 bits per heavy atom. The van der Waals surface area contributed by atoms with E-state index in [0.29, 0.717) is 23.6 Å². The maximum atomic E-state index is 13.7. The van der Waals surface area contributed by atoms with Crippen molar-refractivity contribution in [1.82, 2.24) is 4.90 Å². The van der Waals surface area contributed by atoms with Crippen LogP contribution >= 0.6 is 0 Å². The number of likely N-dealkylation sites (N-methyl/N-ethyl adjacent to an activating group) is 1. The third-order valence-electron chi connectivity index (χ3n) is 6.27. The molecule has 8 heteroatoms. The Labute approximate surface area is 209 Å². The molecule has 4 N–H and O–H groups in total. The molecular formula is C28H29FN4O3. The molecule has 2 amide bonds. The number of halogens is 1. The average molecular weight is 489 g/mol. The molecule has 7 nitrogen and oxygen atoms in total. The number of nitrogens with zero attached hydrogens (tertiary/aromatic N) is 1. The lowest BCUT2D eigenvalue weighted by Crippen LogP contribution is -2.28. The van der Waals surface area contributed by atoms with E-state index in [-0.39, 0.29) is 29.4 Å². The van der Waals surface area contributed by atoms with Gasteiger partial charge in [0.1, 0.15) is 0 Å². The second-order valence-electron chi connectivity index (χ2n) is 8.85. The molecule has 1 fully saturated rings. The summed E-state index contributed by atoms with van der Waals surface area (Å²) in [4.78, 5) is 27.5. The highest BCUT2D eigenvalue weighted by Crippen LogP contribution is 2.33. The fourth-order valence-electron chi connectivity index (χ4n) is 4.39. The fraction of sp³-hybridized carbons (Fsp3) is 0.214. The number of hydrogen-bond acceptors (Lipinski definition) is 5. The van der Waals surface area contributed by atoms with Crippen LogP contribution in [0.1, 0.15) is 17.0 Å². The van der Waals surface area contributed by atoms with Gasteiger partial charge in [-0.25, -0.2) is 4.39 Å². The first-order valence-corrected chi connectivity index (χ1v) is 11.6. The van der Waals surface area contributed by atoms with Crippen LogP contribution in [0.3, 0.4) is 0 Å². The maximum Gasteiger partial charge on any atom is 0.248 e. The highest BCUT2D eigenvalue weighted by Gasteiger charge is 2.37. The summed E-state index contributed by atoms with van der Waals surface area (Å²) in [6, 6.07) is 19.2. The summed E-state index contributed by atoms with van der Waals surface area (Å²) in [7, 11) is 3.37. The summed E-state index contributed by atoms with van der Waals surface area (Å²) >= 11 is 0. The number of para-hydroxylation sites is 2. The predicted octanol–water partition coefficient (Wildman–Crippen LogP) is 4.35. The van der Waals surface area contributed by atoms with Gasteiger partial charge in [-0.15, -0.1) is 0 Å². The standard InChI is InChI=1S/C28H29FN4O3/c1-33-16-21(22(17-33)28(35)31-20-12-13-23(29)26(15-20)36-2)19-10-7-18(8-11-19)9-14-27(34)32-25-6-4-3-5-24(25)30/h3-15,21-22H,16-17,30H2,1-2H3,(H,31,35)(H,32,34). The van der Waals surface area contributed by atoms with Crippen LogP contribution in [-0.4, -0.2) is 44.0 Å². The van der Waals surface area contributed by atoms with Crippen LogP contribution in [0.5, 0.6) is 5.75 Å². The number of carbonyl (C=O) groups is 2. The zero-order valence-electron chi connectivity index (χ0n) is 20.2. The number of ether oxygens (including phenoxy) is 1. The molecule has 3 aromatic carbocycles. The summed E-state index contributed by atoms with van der Waals surface area (Å²) in [5.41, 5.74) is 9.32. The van der Waals surface area contributed by atoms with E-state index in [4.69, 9.17) is 10.5 Å². The number of nitrogen functional groups attached to an aromatic ring is 1. The second-order valence-corrected chi connectivity index (χ2v) is 8.85. The Kier molecular flexibility index (Phi) is 7.65. The molecule has 4 rings (SSSR count). The lowest BCUT2D eigenvalue weighted by atomic mass is 9.88. The molecule has 0 radical (unpaired) electrons. The summed E-state index contributed by atoms with van der Waals surface area (Å²) in [6.45, 7) is 1.35.